The van der Waals surface area contributed by atoms with Crippen LogP contribution in [0.3, 0.4) is 0 Å². The van der Waals surface area contributed by atoms with E-state index in [1.807, 2.05) is 25.1 Å². The van der Waals surface area contributed by atoms with Gasteiger partial charge in [-0.25, -0.2) is 4.79 Å². The Morgan fingerprint density at radius 3 is 2.38 bits per heavy atom. The Labute approximate surface area is 202 Å². The van der Waals surface area contributed by atoms with Crippen LogP contribution >= 0.6 is 0 Å². The molecule has 34 heavy (non-hydrogen) atoms. The van der Waals surface area contributed by atoms with Gasteiger partial charge in [0.15, 0.2) is 17.3 Å². The average Bonchev–Trinajstić information content (AvgIpc) is 3.05. The third kappa shape index (κ3) is 4.73. The molecule has 1 N–H and O–H groups in total. The standard InChI is InChI=1S/C28H37NO5/c1-17-23(27(31)34-18-11-8-6-7-9-12-18)24(19-13-10-14-22(32-4)26(19)33-5)25-20(29-17)15-28(2,3)16-21(25)30/h10,13-14,18,24,29H,6-9,11-12,15-16H2,1-5H3/t24-/m1/s1. The van der Waals surface area contributed by atoms with Gasteiger partial charge >= 0.3 is 5.97 Å². The zero-order chi connectivity index (χ0) is 24.5. The number of methoxy groups -OCH3 is 2. The first-order valence-corrected chi connectivity index (χ1v) is 12.4. The maximum absolute atomic E-state index is 13.7. The number of allylic oxidation sites excluding steroid dienone is 3. The number of hydrogen-bond acceptors (Lipinski definition) is 6. The molecule has 6 nitrogen and oxygen atoms in total. The molecule has 2 aliphatic carbocycles. The fourth-order valence-electron chi connectivity index (χ4n) is 5.73. The Bertz CT molecular complexity index is 1030. The monoisotopic (exact) mass is 467 g/mol. The molecule has 6 heteroatoms. The minimum Gasteiger partial charge on any atom is -0.493 e. The highest BCUT2D eigenvalue weighted by Crippen LogP contribution is 2.50. The van der Waals surface area contributed by atoms with Crippen molar-refractivity contribution >= 4 is 11.8 Å². The quantitative estimate of drug-likeness (QED) is 0.451. The SMILES string of the molecule is COc1cccc([C@@H]2C(C(=O)OC3CCCCCC3)=C(C)NC3=C2C(=O)CC(C)(C)C3)c1OC. The summed E-state index contributed by atoms with van der Waals surface area (Å²) in [5.74, 6) is 0.243. The lowest BCUT2D eigenvalue weighted by Gasteiger charge is -2.40. The first-order valence-electron chi connectivity index (χ1n) is 12.4. The van der Waals surface area contributed by atoms with Crippen LogP contribution in [0.2, 0.25) is 0 Å². The topological polar surface area (TPSA) is 73.9 Å². The van der Waals surface area contributed by atoms with Gasteiger partial charge in [0.1, 0.15) is 6.10 Å². The van der Waals surface area contributed by atoms with E-state index in [1.54, 1.807) is 14.2 Å². The number of ketones is 1. The number of Topliss-reactive ketones (excluding diaryl/α,β-unsaturated/α-hetero) is 1. The summed E-state index contributed by atoms with van der Waals surface area (Å²) >= 11 is 0. The first-order chi connectivity index (χ1) is 16.3. The van der Waals surface area contributed by atoms with E-state index < -0.39 is 5.92 Å². The van der Waals surface area contributed by atoms with E-state index in [0.717, 1.165) is 49.1 Å². The Morgan fingerprint density at radius 1 is 1.03 bits per heavy atom. The van der Waals surface area contributed by atoms with Gasteiger partial charge in [0.05, 0.1) is 25.7 Å². The van der Waals surface area contributed by atoms with E-state index in [4.69, 9.17) is 14.2 Å². The predicted octanol–water partition coefficient (Wildman–Crippen LogP) is 5.57. The van der Waals surface area contributed by atoms with Crippen molar-refractivity contribution in [1.82, 2.24) is 5.32 Å². The van der Waals surface area contributed by atoms with Crippen LogP contribution in [0.5, 0.6) is 11.5 Å². The van der Waals surface area contributed by atoms with Crippen molar-refractivity contribution in [3.05, 3.63) is 46.3 Å². The van der Waals surface area contributed by atoms with Crippen LogP contribution in [0.1, 0.15) is 83.6 Å². The second kappa shape index (κ2) is 9.85. The molecule has 1 atom stereocenters. The Kier molecular flexibility index (Phi) is 7.06. The molecule has 1 heterocycles. The highest BCUT2D eigenvalue weighted by molar-refractivity contribution is 6.04. The lowest BCUT2D eigenvalue weighted by molar-refractivity contribution is -0.145. The number of hydrogen-bond donors (Lipinski definition) is 1. The zero-order valence-corrected chi connectivity index (χ0v) is 21.1. The van der Waals surface area contributed by atoms with Crippen LogP contribution < -0.4 is 14.8 Å². The van der Waals surface area contributed by atoms with Gasteiger partial charge in [-0.05, 0) is 50.5 Å². The number of carbonyl (C=O) groups excluding carboxylic acids is 2. The lowest BCUT2D eigenvalue weighted by atomic mass is 9.68. The van der Waals surface area contributed by atoms with Crippen molar-refractivity contribution in [2.45, 2.75) is 84.2 Å². The number of para-hydroxylation sites is 1. The summed E-state index contributed by atoms with van der Waals surface area (Å²) in [6, 6.07) is 5.62. The molecule has 1 aromatic carbocycles. The van der Waals surface area contributed by atoms with E-state index in [2.05, 4.69) is 19.2 Å². The molecule has 1 fully saturated rings. The molecule has 1 saturated carbocycles. The fourth-order valence-corrected chi connectivity index (χ4v) is 5.73. The van der Waals surface area contributed by atoms with Crippen LogP contribution in [0.15, 0.2) is 40.7 Å². The summed E-state index contributed by atoms with van der Waals surface area (Å²) < 4.78 is 17.4. The summed E-state index contributed by atoms with van der Waals surface area (Å²) in [4.78, 5) is 27.3. The van der Waals surface area contributed by atoms with Crippen molar-refractivity contribution in [3.8, 4) is 11.5 Å². The molecule has 0 amide bonds. The number of nitrogens with one attached hydrogen (secondary N) is 1. The predicted molar refractivity (Wildman–Crippen MR) is 131 cm³/mol. The van der Waals surface area contributed by atoms with E-state index in [0.29, 0.717) is 29.1 Å². The van der Waals surface area contributed by atoms with Gasteiger partial charge in [-0.2, -0.15) is 0 Å². The van der Waals surface area contributed by atoms with Crippen molar-refractivity contribution in [1.29, 1.82) is 0 Å². The summed E-state index contributed by atoms with van der Waals surface area (Å²) in [6.07, 6.45) is 7.37. The minimum atomic E-state index is -0.567. The molecular formula is C28H37NO5. The van der Waals surface area contributed by atoms with Gasteiger partial charge in [0.2, 0.25) is 0 Å². The molecule has 1 aromatic rings. The number of rotatable bonds is 5. The third-order valence-electron chi connectivity index (χ3n) is 7.28. The molecule has 0 aromatic heterocycles. The van der Waals surface area contributed by atoms with Gasteiger partial charge in [-0.3, -0.25) is 4.79 Å². The molecule has 3 aliphatic rings. The third-order valence-corrected chi connectivity index (χ3v) is 7.28. The smallest absolute Gasteiger partial charge is 0.337 e. The van der Waals surface area contributed by atoms with Gasteiger partial charge in [0, 0.05) is 29.0 Å². The second-order valence-corrected chi connectivity index (χ2v) is 10.5. The molecule has 184 valence electrons. The Balaban J connectivity index is 1.82. The van der Waals surface area contributed by atoms with Crippen molar-refractivity contribution in [3.63, 3.8) is 0 Å². The number of esters is 1. The van der Waals surface area contributed by atoms with Gasteiger partial charge < -0.3 is 19.5 Å². The largest absolute Gasteiger partial charge is 0.493 e. The number of ether oxygens (including phenoxy) is 3. The number of dihydropyridines is 1. The summed E-state index contributed by atoms with van der Waals surface area (Å²) in [5.41, 5.74) is 3.35. The maximum atomic E-state index is 13.7. The van der Waals surface area contributed by atoms with E-state index in [9.17, 15) is 9.59 Å². The normalized spacial score (nSPS) is 23.1. The molecule has 0 unspecified atom stereocenters. The molecule has 0 saturated heterocycles. The first kappa shape index (κ1) is 24.4. The summed E-state index contributed by atoms with van der Waals surface area (Å²) in [7, 11) is 3.18. The van der Waals surface area contributed by atoms with E-state index in [-0.39, 0.29) is 23.3 Å². The van der Waals surface area contributed by atoms with Crippen molar-refractivity contribution in [2.75, 3.05) is 14.2 Å². The highest BCUT2D eigenvalue weighted by Gasteiger charge is 2.44. The van der Waals surface area contributed by atoms with Crippen LogP contribution in [-0.4, -0.2) is 32.1 Å². The lowest BCUT2D eigenvalue weighted by Crippen LogP contribution is -2.39. The average molecular weight is 468 g/mol. The maximum Gasteiger partial charge on any atom is 0.337 e. The van der Waals surface area contributed by atoms with E-state index in [1.165, 1.54) is 12.8 Å². The second-order valence-electron chi connectivity index (χ2n) is 10.5. The Morgan fingerprint density at radius 2 is 1.74 bits per heavy atom. The van der Waals surface area contributed by atoms with Crippen LogP contribution in [0, 0.1) is 5.41 Å². The van der Waals surface area contributed by atoms with E-state index >= 15 is 0 Å². The molecule has 0 bridgehead atoms. The molecular weight excluding hydrogens is 430 g/mol. The molecule has 4 rings (SSSR count). The number of benzene rings is 1. The van der Waals surface area contributed by atoms with Crippen LogP contribution in [-0.2, 0) is 14.3 Å². The highest BCUT2D eigenvalue weighted by atomic mass is 16.5. The van der Waals surface area contributed by atoms with Crippen LogP contribution in [0.4, 0.5) is 0 Å². The van der Waals surface area contributed by atoms with Crippen LogP contribution in [0.25, 0.3) is 0 Å². The summed E-state index contributed by atoms with van der Waals surface area (Å²) in [6.45, 7) is 6.11. The van der Waals surface area contributed by atoms with Crippen molar-refractivity contribution in [2.24, 2.45) is 5.41 Å². The zero-order valence-electron chi connectivity index (χ0n) is 21.1. The summed E-state index contributed by atoms with van der Waals surface area (Å²) in [5, 5.41) is 3.42. The fraction of sp³-hybridized carbons (Fsp3) is 0.571. The van der Waals surface area contributed by atoms with Crippen molar-refractivity contribution < 1.29 is 23.8 Å². The minimum absolute atomic E-state index is 0.0564. The molecule has 0 radical (unpaired) electrons. The van der Waals surface area contributed by atoms with Gasteiger partial charge in [0.25, 0.3) is 0 Å². The molecule has 1 aliphatic heterocycles. The van der Waals surface area contributed by atoms with Gasteiger partial charge in [-0.15, -0.1) is 0 Å². The van der Waals surface area contributed by atoms with Gasteiger partial charge in [-0.1, -0.05) is 38.8 Å². The molecule has 0 spiro atoms. The Hall–Kier alpha value is -2.76. The number of carbonyl (C=O) groups is 2.